The maximum Gasteiger partial charge on any atom is 0.257 e. The molecular weight excluding hydrogens is 458 g/mol. The first-order valence-corrected chi connectivity index (χ1v) is 11.1. The van der Waals surface area contributed by atoms with Crippen LogP contribution in [-0.2, 0) is 0 Å². The Morgan fingerprint density at radius 3 is 2.44 bits per heavy atom. The summed E-state index contributed by atoms with van der Waals surface area (Å²) in [6.07, 6.45) is 3.87. The SMILES string of the molecule is CCCOc1c(Cl)cc(C(=O)Nc2ccc(NC(=O)c3cccnc3)c(OC)c2)cc1OCC. The molecule has 3 rings (SSSR count). The van der Waals surface area contributed by atoms with E-state index in [0.717, 1.165) is 6.42 Å². The number of pyridine rings is 1. The Morgan fingerprint density at radius 2 is 1.76 bits per heavy atom. The maximum atomic E-state index is 12.9. The summed E-state index contributed by atoms with van der Waals surface area (Å²) in [6.45, 7) is 4.70. The van der Waals surface area contributed by atoms with Crippen molar-refractivity contribution in [3.05, 3.63) is 71.0 Å². The first-order valence-electron chi connectivity index (χ1n) is 10.8. The molecule has 1 heterocycles. The van der Waals surface area contributed by atoms with E-state index in [1.807, 2.05) is 13.8 Å². The molecule has 8 nitrogen and oxygen atoms in total. The molecule has 0 aliphatic carbocycles. The Labute approximate surface area is 203 Å². The molecule has 9 heteroatoms. The van der Waals surface area contributed by atoms with Crippen LogP contribution >= 0.6 is 11.6 Å². The fraction of sp³-hybridized carbons (Fsp3) is 0.240. The third kappa shape index (κ3) is 6.17. The maximum absolute atomic E-state index is 12.9. The number of halogens is 1. The second-order valence-electron chi connectivity index (χ2n) is 7.13. The molecule has 178 valence electrons. The van der Waals surface area contributed by atoms with E-state index in [0.29, 0.717) is 53.0 Å². The zero-order valence-electron chi connectivity index (χ0n) is 19.2. The van der Waals surface area contributed by atoms with E-state index in [1.54, 1.807) is 42.6 Å². The molecule has 0 spiro atoms. The Bertz CT molecular complexity index is 1150. The van der Waals surface area contributed by atoms with E-state index < -0.39 is 0 Å². The summed E-state index contributed by atoms with van der Waals surface area (Å²) in [6, 6.07) is 11.4. The molecular formula is C25H26ClN3O5. The van der Waals surface area contributed by atoms with Crippen LogP contribution in [0.4, 0.5) is 11.4 Å². The van der Waals surface area contributed by atoms with E-state index >= 15 is 0 Å². The Morgan fingerprint density at radius 1 is 0.971 bits per heavy atom. The number of hydrogen-bond acceptors (Lipinski definition) is 6. The predicted molar refractivity (Wildman–Crippen MR) is 132 cm³/mol. The van der Waals surface area contributed by atoms with Crippen molar-refractivity contribution in [1.29, 1.82) is 0 Å². The number of carbonyl (C=O) groups excluding carboxylic acids is 2. The number of rotatable bonds is 10. The molecule has 0 aliphatic rings. The molecule has 0 radical (unpaired) electrons. The number of benzene rings is 2. The van der Waals surface area contributed by atoms with Crippen LogP contribution in [-0.4, -0.2) is 37.1 Å². The van der Waals surface area contributed by atoms with Gasteiger partial charge in [0.1, 0.15) is 5.75 Å². The lowest BCUT2D eigenvalue weighted by atomic mass is 10.1. The lowest BCUT2D eigenvalue weighted by Gasteiger charge is -2.15. The van der Waals surface area contributed by atoms with Gasteiger partial charge in [0.25, 0.3) is 11.8 Å². The first-order chi connectivity index (χ1) is 16.5. The van der Waals surface area contributed by atoms with Crippen molar-refractivity contribution in [2.24, 2.45) is 0 Å². The van der Waals surface area contributed by atoms with Gasteiger partial charge in [-0.2, -0.15) is 0 Å². The molecule has 0 unspecified atom stereocenters. The van der Waals surface area contributed by atoms with Gasteiger partial charge in [-0.25, -0.2) is 0 Å². The minimum atomic E-state index is -0.390. The van der Waals surface area contributed by atoms with Gasteiger partial charge in [0.05, 0.1) is 36.6 Å². The summed E-state index contributed by atoms with van der Waals surface area (Å²) in [5, 5.41) is 5.87. The van der Waals surface area contributed by atoms with Gasteiger partial charge in [-0.15, -0.1) is 0 Å². The number of aromatic nitrogens is 1. The van der Waals surface area contributed by atoms with Crippen molar-refractivity contribution in [1.82, 2.24) is 4.98 Å². The number of anilines is 2. The zero-order chi connectivity index (χ0) is 24.5. The number of carbonyl (C=O) groups is 2. The van der Waals surface area contributed by atoms with Gasteiger partial charge < -0.3 is 24.8 Å². The van der Waals surface area contributed by atoms with Crippen molar-refractivity contribution in [2.45, 2.75) is 20.3 Å². The largest absolute Gasteiger partial charge is 0.494 e. The van der Waals surface area contributed by atoms with Gasteiger partial charge in [-0.1, -0.05) is 18.5 Å². The first kappa shape index (κ1) is 24.9. The van der Waals surface area contributed by atoms with Crippen LogP contribution in [0.2, 0.25) is 5.02 Å². The summed E-state index contributed by atoms with van der Waals surface area (Å²) in [4.78, 5) is 29.3. The van der Waals surface area contributed by atoms with Crippen molar-refractivity contribution in [3.8, 4) is 17.2 Å². The molecule has 0 bridgehead atoms. The highest BCUT2D eigenvalue weighted by Crippen LogP contribution is 2.37. The number of hydrogen-bond donors (Lipinski definition) is 2. The van der Waals surface area contributed by atoms with E-state index in [1.165, 1.54) is 19.4 Å². The molecule has 0 fully saturated rings. The quantitative estimate of drug-likeness (QED) is 0.398. The van der Waals surface area contributed by atoms with Crippen molar-refractivity contribution >= 4 is 34.8 Å². The summed E-state index contributed by atoms with van der Waals surface area (Å²) >= 11 is 6.37. The standard InChI is InChI=1S/C25H26ClN3O5/c1-4-11-34-23-19(26)12-17(13-22(23)33-5-2)25(31)28-18-8-9-20(21(14-18)32-3)29-24(30)16-7-6-10-27-15-16/h6-10,12-15H,4-5,11H2,1-3H3,(H,28,31)(H,29,30). The number of ether oxygens (including phenoxy) is 3. The zero-order valence-corrected chi connectivity index (χ0v) is 19.9. The lowest BCUT2D eigenvalue weighted by molar-refractivity contribution is 0.101. The highest BCUT2D eigenvalue weighted by Gasteiger charge is 2.17. The fourth-order valence-corrected chi connectivity index (χ4v) is 3.34. The number of nitrogens with one attached hydrogen (secondary N) is 2. The molecule has 0 saturated heterocycles. The normalized spacial score (nSPS) is 10.4. The van der Waals surface area contributed by atoms with Gasteiger partial charge in [-0.05, 0) is 49.7 Å². The number of nitrogens with zero attached hydrogens (tertiary/aromatic N) is 1. The van der Waals surface area contributed by atoms with Gasteiger partial charge in [0, 0.05) is 29.7 Å². The van der Waals surface area contributed by atoms with Crippen LogP contribution < -0.4 is 24.8 Å². The second-order valence-corrected chi connectivity index (χ2v) is 7.54. The average Bonchev–Trinajstić information content (AvgIpc) is 2.85. The molecule has 0 atom stereocenters. The van der Waals surface area contributed by atoms with Crippen molar-refractivity contribution in [2.75, 3.05) is 31.0 Å². The molecule has 2 N–H and O–H groups in total. The van der Waals surface area contributed by atoms with E-state index in [4.69, 9.17) is 25.8 Å². The molecule has 0 aliphatic heterocycles. The average molecular weight is 484 g/mol. The molecule has 2 aromatic carbocycles. The van der Waals surface area contributed by atoms with Crippen LogP contribution in [0.3, 0.4) is 0 Å². The van der Waals surface area contributed by atoms with Crippen LogP contribution in [0.1, 0.15) is 41.0 Å². The molecule has 3 aromatic rings. The van der Waals surface area contributed by atoms with Gasteiger partial charge in [0.2, 0.25) is 0 Å². The monoisotopic (exact) mass is 483 g/mol. The Kier molecular flexibility index (Phi) is 8.70. The topological polar surface area (TPSA) is 98.8 Å². The lowest BCUT2D eigenvalue weighted by Crippen LogP contribution is -2.14. The fourth-order valence-electron chi connectivity index (χ4n) is 3.07. The van der Waals surface area contributed by atoms with Crippen molar-refractivity contribution in [3.63, 3.8) is 0 Å². The Balaban J connectivity index is 1.78. The van der Waals surface area contributed by atoms with Crippen LogP contribution in [0, 0.1) is 0 Å². The summed E-state index contributed by atoms with van der Waals surface area (Å²) < 4.78 is 16.7. The third-order valence-corrected chi connectivity index (χ3v) is 4.93. The highest BCUT2D eigenvalue weighted by atomic mass is 35.5. The predicted octanol–water partition coefficient (Wildman–Crippen LogP) is 5.44. The van der Waals surface area contributed by atoms with Crippen LogP contribution in [0.25, 0.3) is 0 Å². The minimum Gasteiger partial charge on any atom is -0.494 e. The van der Waals surface area contributed by atoms with E-state index in [-0.39, 0.29) is 16.8 Å². The molecule has 34 heavy (non-hydrogen) atoms. The summed E-state index contributed by atoms with van der Waals surface area (Å²) in [7, 11) is 1.48. The third-order valence-electron chi connectivity index (χ3n) is 4.65. The Hall–Kier alpha value is -3.78. The van der Waals surface area contributed by atoms with Gasteiger partial charge in [0.15, 0.2) is 11.5 Å². The minimum absolute atomic E-state index is 0.288. The summed E-state index contributed by atoms with van der Waals surface area (Å²) in [5.41, 5.74) is 1.65. The second kappa shape index (κ2) is 11.9. The van der Waals surface area contributed by atoms with Crippen LogP contribution in [0.5, 0.6) is 17.2 Å². The summed E-state index contributed by atoms with van der Waals surface area (Å²) in [5.74, 6) is 0.481. The smallest absolute Gasteiger partial charge is 0.257 e. The van der Waals surface area contributed by atoms with Crippen LogP contribution in [0.15, 0.2) is 54.9 Å². The molecule has 1 aromatic heterocycles. The van der Waals surface area contributed by atoms with Gasteiger partial charge >= 0.3 is 0 Å². The van der Waals surface area contributed by atoms with Gasteiger partial charge in [-0.3, -0.25) is 14.6 Å². The highest BCUT2D eigenvalue weighted by molar-refractivity contribution is 6.32. The molecule has 0 saturated carbocycles. The van der Waals surface area contributed by atoms with Crippen molar-refractivity contribution < 1.29 is 23.8 Å². The number of amides is 2. The number of methoxy groups -OCH3 is 1. The van der Waals surface area contributed by atoms with E-state index in [2.05, 4.69) is 15.6 Å². The molecule has 2 amide bonds. The van der Waals surface area contributed by atoms with E-state index in [9.17, 15) is 9.59 Å².